The molecule has 1 saturated carbocycles. The molecule has 1 aromatic carbocycles. The van der Waals surface area contributed by atoms with Crippen molar-refractivity contribution in [2.75, 3.05) is 26.2 Å². The third-order valence-electron chi connectivity index (χ3n) is 7.87. The maximum absolute atomic E-state index is 4.89. The van der Waals surface area contributed by atoms with E-state index in [4.69, 9.17) is 18.6 Å². The summed E-state index contributed by atoms with van der Waals surface area (Å²) in [5.41, 5.74) is 2.33. The fourth-order valence-corrected chi connectivity index (χ4v) is 11.1. The van der Waals surface area contributed by atoms with Crippen LogP contribution in [0, 0.1) is 31.1 Å². The predicted octanol–water partition coefficient (Wildman–Crippen LogP) is 7.90. The van der Waals surface area contributed by atoms with Crippen LogP contribution in [0.1, 0.15) is 31.7 Å². The van der Waals surface area contributed by atoms with Gasteiger partial charge in [-0.3, -0.25) is 0 Å². The Morgan fingerprint density at radius 2 is 1.62 bits per heavy atom. The molecule has 1 aliphatic heterocycles. The molecule has 6 heteroatoms. The predicted molar refractivity (Wildman–Crippen MR) is 141 cm³/mol. The maximum atomic E-state index is 4.89. The van der Waals surface area contributed by atoms with Crippen LogP contribution in [0.15, 0.2) is 54.6 Å². The molecule has 0 spiro atoms. The van der Waals surface area contributed by atoms with Crippen LogP contribution in [-0.2, 0) is 17.0 Å². The number of fused-ring (bicyclic) bond motifs is 1. The second kappa shape index (κ2) is 13.3. The van der Waals surface area contributed by atoms with Gasteiger partial charge in [-0.25, -0.2) is 0 Å². The second-order valence-corrected chi connectivity index (χ2v) is 17.2. The van der Waals surface area contributed by atoms with Crippen molar-refractivity contribution in [3.05, 3.63) is 72.9 Å². The quantitative estimate of drug-likeness (QED) is 0.288. The molecule has 0 amide bonds. The molecule has 2 nitrogen and oxygen atoms in total. The van der Waals surface area contributed by atoms with Crippen molar-refractivity contribution in [1.29, 1.82) is 0 Å². The molecule has 1 saturated heterocycles. The first-order chi connectivity index (χ1) is 14.9. The summed E-state index contributed by atoms with van der Waals surface area (Å²) in [5.74, 6) is 3.57. The van der Waals surface area contributed by atoms with Gasteiger partial charge in [0.1, 0.15) is 8.24 Å². The Labute approximate surface area is 215 Å². The van der Waals surface area contributed by atoms with Crippen LogP contribution in [0.5, 0.6) is 0 Å². The number of halogens is 2. The summed E-state index contributed by atoms with van der Waals surface area (Å²) in [4.78, 5) is 0. The zero-order chi connectivity index (χ0) is 22.4. The van der Waals surface area contributed by atoms with E-state index in [1.165, 1.54) is 25.1 Å². The van der Waals surface area contributed by atoms with Crippen molar-refractivity contribution in [3.8, 4) is 0 Å². The molecular formula is C26H40Cl2N2SiTi-2. The number of nitrogens with zero attached hydrogens (tertiary/aromatic N) is 2. The third-order valence-corrected chi connectivity index (χ3v) is 12.4. The Kier molecular flexibility index (Phi) is 11.8. The zero-order valence-corrected chi connectivity index (χ0v) is 24.4. The van der Waals surface area contributed by atoms with Crippen molar-refractivity contribution in [3.63, 3.8) is 0 Å². The normalized spacial score (nSPS) is 30.0. The Balaban J connectivity index is 0.000000860. The van der Waals surface area contributed by atoms with E-state index >= 15 is 0 Å². The van der Waals surface area contributed by atoms with E-state index < -0.39 is 25.3 Å². The van der Waals surface area contributed by atoms with Crippen LogP contribution in [-0.4, -0.2) is 39.0 Å². The Hall–Kier alpha value is 0.131. The summed E-state index contributed by atoms with van der Waals surface area (Å²) in [6, 6.07) is 11.2. The summed E-state index contributed by atoms with van der Waals surface area (Å²) >= 11 is -0.556. The van der Waals surface area contributed by atoms with E-state index in [-0.39, 0.29) is 7.43 Å². The Morgan fingerprint density at radius 1 is 1.03 bits per heavy atom. The van der Waals surface area contributed by atoms with Gasteiger partial charge in [0.05, 0.1) is 0 Å². The fourth-order valence-electron chi connectivity index (χ4n) is 6.45. The second-order valence-electron chi connectivity index (χ2n) is 10.00. The van der Waals surface area contributed by atoms with Gasteiger partial charge in [0, 0.05) is 5.92 Å². The van der Waals surface area contributed by atoms with Crippen LogP contribution in [0.2, 0.25) is 18.6 Å². The van der Waals surface area contributed by atoms with E-state index in [1.807, 2.05) is 0 Å². The molecular weight excluding hydrogens is 487 g/mol. The van der Waals surface area contributed by atoms with Gasteiger partial charge < -0.3 is 17.3 Å². The fraction of sp³-hybridized carbons (Fsp3) is 0.577. The molecule has 32 heavy (non-hydrogen) atoms. The van der Waals surface area contributed by atoms with Crippen molar-refractivity contribution in [2.24, 2.45) is 23.7 Å². The van der Waals surface area contributed by atoms with Crippen molar-refractivity contribution < 1.29 is 17.0 Å². The molecule has 0 radical (unpaired) electrons. The van der Waals surface area contributed by atoms with Gasteiger partial charge in [0.2, 0.25) is 0 Å². The zero-order valence-electron chi connectivity index (χ0n) is 20.3. The molecule has 0 N–H and O–H groups in total. The van der Waals surface area contributed by atoms with E-state index in [9.17, 15) is 0 Å². The number of rotatable bonds is 4. The molecule has 1 aromatic rings. The molecule has 3 aliphatic rings. The molecule has 4 rings (SSSR count). The van der Waals surface area contributed by atoms with Crippen LogP contribution in [0.25, 0.3) is 5.32 Å². The molecule has 178 valence electrons. The molecule has 5 unspecified atom stereocenters. The van der Waals surface area contributed by atoms with Gasteiger partial charge in [-0.05, 0) is 54.3 Å². The van der Waals surface area contributed by atoms with Gasteiger partial charge in [0.25, 0.3) is 0 Å². The average molecular weight is 527 g/mol. The first-order valence-electron chi connectivity index (χ1n) is 11.7. The van der Waals surface area contributed by atoms with Gasteiger partial charge in [0.15, 0.2) is 0 Å². The molecule has 0 aromatic heterocycles. The first-order valence-corrected chi connectivity index (χ1v) is 19.0. The number of hydrogen-bond acceptors (Lipinski definition) is 1. The van der Waals surface area contributed by atoms with Gasteiger partial charge in [-0.1, -0.05) is 81.6 Å². The molecule has 0 bridgehead atoms. The van der Waals surface area contributed by atoms with E-state index in [0.29, 0.717) is 11.8 Å². The topological polar surface area (TPSA) is 17.3 Å². The minimum absolute atomic E-state index is 0. The molecule has 2 fully saturated rings. The van der Waals surface area contributed by atoms with E-state index in [1.54, 1.807) is 0 Å². The Morgan fingerprint density at radius 3 is 2.22 bits per heavy atom. The van der Waals surface area contributed by atoms with Gasteiger partial charge >= 0.3 is 35.6 Å². The SMILES string of the molecule is CC(C)C1CC2C(c3ccccc3)C=CC=CC2C1[Si](C)(C)N1CC[N-]CC1.[CH3-].[Cl][Ti][Cl]. The molecule has 2 aliphatic carbocycles. The number of benzene rings is 1. The third kappa shape index (κ3) is 6.42. The van der Waals surface area contributed by atoms with Crippen molar-refractivity contribution in [1.82, 2.24) is 4.57 Å². The standard InChI is InChI=1S/C25H37N2Si.CH3.2ClH.Ti/c1-19(2)23-18-24-21(20-10-6-5-7-11-20)12-8-9-13-22(24)25(23)28(3,4)27-16-14-26-15-17-27;;;;/h5-13,19,21-25H,14-18H2,1-4H3;1H3;2*1H;/q2*-1;;;+2/p-2. The summed E-state index contributed by atoms with van der Waals surface area (Å²) < 4.78 is 2.88. The average Bonchev–Trinajstić information content (AvgIpc) is 3.04. The Bertz CT molecular complexity index is 735. The molecule has 5 atom stereocenters. The summed E-state index contributed by atoms with van der Waals surface area (Å²) in [7, 11) is 8.22. The van der Waals surface area contributed by atoms with Gasteiger partial charge in [-0.15, -0.1) is 13.1 Å². The number of hydrogen-bond donors (Lipinski definition) is 0. The van der Waals surface area contributed by atoms with Crippen LogP contribution < -0.4 is 0 Å². The monoisotopic (exact) mass is 526 g/mol. The van der Waals surface area contributed by atoms with E-state index in [0.717, 1.165) is 36.4 Å². The number of allylic oxidation sites excluding steroid dienone is 4. The summed E-state index contributed by atoms with van der Waals surface area (Å²) in [6.45, 7) is 14.7. The van der Waals surface area contributed by atoms with Crippen LogP contribution in [0.3, 0.4) is 0 Å². The van der Waals surface area contributed by atoms with Gasteiger partial charge in [-0.2, -0.15) is 0 Å². The van der Waals surface area contributed by atoms with Crippen molar-refractivity contribution >= 4 is 26.8 Å². The van der Waals surface area contributed by atoms with E-state index in [2.05, 4.69) is 91.5 Å². The summed E-state index contributed by atoms with van der Waals surface area (Å²) in [5, 5.41) is 4.63. The first kappa shape index (κ1) is 28.4. The molecule has 1 heterocycles. The van der Waals surface area contributed by atoms with Crippen LogP contribution in [0.4, 0.5) is 0 Å². The van der Waals surface area contributed by atoms with Crippen molar-refractivity contribution in [2.45, 2.75) is 44.8 Å². The minimum atomic E-state index is -1.56. The number of piperazine rings is 1. The summed E-state index contributed by atoms with van der Waals surface area (Å²) in [6.07, 6.45) is 11.1. The van der Waals surface area contributed by atoms with Crippen LogP contribution >= 0.6 is 18.6 Å².